The fourth-order valence-corrected chi connectivity index (χ4v) is 2.87. The van der Waals surface area contributed by atoms with E-state index in [1.807, 2.05) is 18.2 Å². The first-order valence-corrected chi connectivity index (χ1v) is 8.06. The molecule has 2 heteroatoms. The number of carbonyl (C=O) groups excluding carboxylic acids is 1. The molecule has 0 atom stereocenters. The van der Waals surface area contributed by atoms with E-state index in [0.29, 0.717) is 5.92 Å². The van der Waals surface area contributed by atoms with Gasteiger partial charge in [-0.1, -0.05) is 32.0 Å². The third kappa shape index (κ3) is 3.22. The molecular weight excluding hydrogens is 270 g/mol. The fourth-order valence-electron chi connectivity index (χ4n) is 2.87. The van der Waals surface area contributed by atoms with E-state index in [1.54, 1.807) is 0 Å². The molecule has 1 aliphatic rings. The number of benzene rings is 2. The normalized spacial score (nSPS) is 14.2. The summed E-state index contributed by atoms with van der Waals surface area (Å²) >= 11 is 0. The predicted octanol–water partition coefficient (Wildman–Crippen LogP) is 5.25. The number of hydrogen-bond donors (Lipinski definition) is 1. The summed E-state index contributed by atoms with van der Waals surface area (Å²) in [5, 5.41) is 3.01. The van der Waals surface area contributed by atoms with Crippen molar-refractivity contribution >= 4 is 11.6 Å². The van der Waals surface area contributed by atoms with Crippen molar-refractivity contribution in [3.63, 3.8) is 0 Å². The van der Waals surface area contributed by atoms with Gasteiger partial charge in [0.25, 0.3) is 5.91 Å². The van der Waals surface area contributed by atoms with Crippen LogP contribution in [0.1, 0.15) is 65.6 Å². The number of nitrogens with one attached hydrogen (secondary N) is 1. The van der Waals surface area contributed by atoms with Crippen LogP contribution >= 0.6 is 0 Å². The molecule has 0 unspecified atom stereocenters. The van der Waals surface area contributed by atoms with Gasteiger partial charge in [-0.2, -0.15) is 0 Å². The zero-order chi connectivity index (χ0) is 15.7. The molecule has 3 rings (SSSR count). The highest BCUT2D eigenvalue weighted by Gasteiger charge is 2.23. The molecule has 0 bridgehead atoms. The lowest BCUT2D eigenvalue weighted by Gasteiger charge is -2.13. The van der Waals surface area contributed by atoms with Gasteiger partial charge in [-0.15, -0.1) is 0 Å². The molecule has 1 fully saturated rings. The van der Waals surface area contributed by atoms with Crippen LogP contribution in [0.4, 0.5) is 5.69 Å². The third-order valence-electron chi connectivity index (χ3n) is 4.38. The van der Waals surface area contributed by atoms with Crippen molar-refractivity contribution in [2.45, 2.75) is 45.4 Å². The Morgan fingerprint density at radius 3 is 2.36 bits per heavy atom. The van der Waals surface area contributed by atoms with Crippen LogP contribution in [0.15, 0.2) is 42.5 Å². The molecule has 0 heterocycles. The van der Waals surface area contributed by atoms with Crippen LogP contribution < -0.4 is 5.32 Å². The van der Waals surface area contributed by atoms with Crippen molar-refractivity contribution in [2.75, 3.05) is 5.32 Å². The molecule has 2 aromatic rings. The van der Waals surface area contributed by atoms with Gasteiger partial charge in [0.15, 0.2) is 0 Å². The van der Waals surface area contributed by atoms with Crippen molar-refractivity contribution in [2.24, 2.45) is 0 Å². The van der Waals surface area contributed by atoms with Crippen molar-refractivity contribution < 1.29 is 4.79 Å². The highest BCUT2D eigenvalue weighted by Crippen LogP contribution is 2.39. The van der Waals surface area contributed by atoms with Crippen LogP contribution in [0.25, 0.3) is 0 Å². The molecule has 0 radical (unpaired) electrons. The number of rotatable bonds is 4. The van der Waals surface area contributed by atoms with E-state index < -0.39 is 0 Å². The van der Waals surface area contributed by atoms with Crippen LogP contribution in [0.2, 0.25) is 0 Å². The van der Waals surface area contributed by atoms with Gasteiger partial charge >= 0.3 is 0 Å². The van der Waals surface area contributed by atoms with Gasteiger partial charge in [0.1, 0.15) is 0 Å². The monoisotopic (exact) mass is 293 g/mol. The molecule has 1 N–H and O–H groups in total. The van der Waals surface area contributed by atoms with Gasteiger partial charge in [-0.3, -0.25) is 4.79 Å². The van der Waals surface area contributed by atoms with Gasteiger partial charge in [-0.25, -0.2) is 0 Å². The number of anilines is 1. The molecule has 0 aliphatic heterocycles. The third-order valence-corrected chi connectivity index (χ3v) is 4.38. The Morgan fingerprint density at radius 2 is 1.77 bits per heavy atom. The fraction of sp³-hybridized carbons (Fsp3) is 0.350. The molecule has 22 heavy (non-hydrogen) atoms. The van der Waals surface area contributed by atoms with E-state index in [4.69, 9.17) is 0 Å². The predicted molar refractivity (Wildman–Crippen MR) is 91.6 cm³/mol. The van der Waals surface area contributed by atoms with Crippen LogP contribution in [0.5, 0.6) is 0 Å². The minimum atomic E-state index is -0.0408. The average Bonchev–Trinajstić information content (AvgIpc) is 3.34. The minimum absolute atomic E-state index is 0.0408. The Balaban J connectivity index is 1.74. The van der Waals surface area contributed by atoms with Crippen molar-refractivity contribution in [3.8, 4) is 0 Å². The molecule has 1 amide bonds. The lowest BCUT2D eigenvalue weighted by molar-refractivity contribution is 0.102. The summed E-state index contributed by atoms with van der Waals surface area (Å²) in [4.78, 5) is 12.4. The first-order chi connectivity index (χ1) is 10.5. The summed E-state index contributed by atoms with van der Waals surface area (Å²) in [5.74, 6) is 1.14. The molecule has 0 saturated heterocycles. The first kappa shape index (κ1) is 14.8. The van der Waals surface area contributed by atoms with Gasteiger partial charge in [0.05, 0.1) is 0 Å². The Bertz CT molecular complexity index is 681. The summed E-state index contributed by atoms with van der Waals surface area (Å²) in [6, 6.07) is 14.2. The Hall–Kier alpha value is -2.09. The van der Waals surface area contributed by atoms with E-state index >= 15 is 0 Å². The van der Waals surface area contributed by atoms with E-state index in [0.717, 1.165) is 17.2 Å². The van der Waals surface area contributed by atoms with E-state index in [-0.39, 0.29) is 5.91 Å². The molecule has 114 valence electrons. The Kier molecular flexibility index (Phi) is 4.02. The number of amides is 1. The van der Waals surface area contributed by atoms with E-state index in [1.165, 1.54) is 29.5 Å². The van der Waals surface area contributed by atoms with Crippen molar-refractivity contribution in [1.29, 1.82) is 0 Å². The van der Waals surface area contributed by atoms with Crippen LogP contribution in [0, 0.1) is 6.92 Å². The Morgan fingerprint density at radius 1 is 1.09 bits per heavy atom. The summed E-state index contributed by atoms with van der Waals surface area (Å²) in [7, 11) is 0. The topological polar surface area (TPSA) is 29.1 Å². The van der Waals surface area contributed by atoms with Gasteiger partial charge in [0, 0.05) is 11.3 Å². The number of carbonyl (C=O) groups is 1. The maximum Gasteiger partial charge on any atom is 0.255 e. The quantitative estimate of drug-likeness (QED) is 0.819. The molecular formula is C20H23NO. The molecule has 0 spiro atoms. The largest absolute Gasteiger partial charge is 0.322 e. The smallest absolute Gasteiger partial charge is 0.255 e. The van der Waals surface area contributed by atoms with Gasteiger partial charge < -0.3 is 5.32 Å². The lowest BCUT2D eigenvalue weighted by Crippen LogP contribution is -2.12. The maximum atomic E-state index is 12.4. The molecule has 2 nitrogen and oxygen atoms in total. The highest BCUT2D eigenvalue weighted by atomic mass is 16.1. The van der Waals surface area contributed by atoms with Crippen molar-refractivity contribution in [3.05, 3.63) is 64.7 Å². The summed E-state index contributed by atoms with van der Waals surface area (Å²) in [6.07, 6.45) is 2.57. The molecule has 2 aromatic carbocycles. The summed E-state index contributed by atoms with van der Waals surface area (Å²) in [5.41, 5.74) is 5.49. The summed E-state index contributed by atoms with van der Waals surface area (Å²) in [6.45, 7) is 6.45. The minimum Gasteiger partial charge on any atom is -0.322 e. The zero-order valence-electron chi connectivity index (χ0n) is 13.5. The van der Waals surface area contributed by atoms with E-state index in [9.17, 15) is 4.79 Å². The van der Waals surface area contributed by atoms with Crippen molar-refractivity contribution in [1.82, 2.24) is 0 Å². The standard InChI is InChI=1S/C20H23NO/c1-13(2)19-12-18(11-4-14(19)3)21-20(22)17-9-7-16(8-10-17)15-5-6-15/h4,7-13,15H,5-6H2,1-3H3,(H,21,22). The second kappa shape index (κ2) is 5.96. The van der Waals surface area contributed by atoms with Crippen LogP contribution in [-0.4, -0.2) is 5.91 Å². The number of aryl methyl sites for hydroxylation is 1. The Labute approximate surface area is 132 Å². The second-order valence-corrected chi connectivity index (χ2v) is 6.58. The highest BCUT2D eigenvalue weighted by molar-refractivity contribution is 6.04. The average molecular weight is 293 g/mol. The van der Waals surface area contributed by atoms with Gasteiger partial charge in [-0.05, 0) is 72.6 Å². The van der Waals surface area contributed by atoms with Crippen LogP contribution in [0.3, 0.4) is 0 Å². The molecule has 1 aliphatic carbocycles. The van der Waals surface area contributed by atoms with E-state index in [2.05, 4.69) is 50.4 Å². The number of hydrogen-bond acceptors (Lipinski definition) is 1. The molecule has 1 saturated carbocycles. The molecule has 0 aromatic heterocycles. The SMILES string of the molecule is Cc1ccc(NC(=O)c2ccc(C3CC3)cc2)cc1C(C)C. The lowest BCUT2D eigenvalue weighted by atomic mass is 9.97. The van der Waals surface area contributed by atoms with Crippen LogP contribution in [-0.2, 0) is 0 Å². The second-order valence-electron chi connectivity index (χ2n) is 6.58. The zero-order valence-corrected chi connectivity index (χ0v) is 13.5. The summed E-state index contributed by atoms with van der Waals surface area (Å²) < 4.78 is 0. The van der Waals surface area contributed by atoms with Gasteiger partial charge in [0.2, 0.25) is 0 Å². The first-order valence-electron chi connectivity index (χ1n) is 8.06. The maximum absolute atomic E-state index is 12.4.